The van der Waals surface area contributed by atoms with Gasteiger partial charge in [0.2, 0.25) is 5.91 Å². The fraction of sp³-hybridized carbons (Fsp3) is 0.541. The van der Waals surface area contributed by atoms with E-state index in [0.717, 1.165) is 50.9 Å². The molecular weight excluding hydrogens is 602 g/mol. The molecule has 0 unspecified atom stereocenters. The maximum atomic E-state index is 13.8. The van der Waals surface area contributed by atoms with Crippen molar-refractivity contribution in [3.63, 3.8) is 0 Å². The Kier molecular flexibility index (Phi) is 10.8. The van der Waals surface area contributed by atoms with Gasteiger partial charge in [0.05, 0.1) is 17.9 Å². The third-order valence-corrected chi connectivity index (χ3v) is 10.0. The Morgan fingerprint density at radius 1 is 1.04 bits per heavy atom. The van der Waals surface area contributed by atoms with E-state index in [0.29, 0.717) is 40.5 Å². The van der Waals surface area contributed by atoms with Crippen LogP contribution in [-0.2, 0) is 11.2 Å². The summed E-state index contributed by atoms with van der Waals surface area (Å²) in [6, 6.07) is 13.6. The largest absolute Gasteiger partial charge is 0.497 e. The zero-order chi connectivity index (χ0) is 32.9. The molecule has 46 heavy (non-hydrogen) atoms. The van der Waals surface area contributed by atoms with Gasteiger partial charge in [0.15, 0.2) is 11.2 Å². The van der Waals surface area contributed by atoms with Crippen molar-refractivity contribution in [2.24, 2.45) is 11.3 Å². The lowest BCUT2D eigenvalue weighted by atomic mass is 9.63. The number of hydrogen-bond acceptors (Lipinski definition) is 6. The number of carbonyl (C=O) groups excluding carboxylic acids is 2. The molecule has 0 spiro atoms. The Bertz CT molecular complexity index is 1560. The van der Waals surface area contributed by atoms with Gasteiger partial charge < -0.3 is 24.7 Å². The second-order valence-corrected chi connectivity index (χ2v) is 14.6. The van der Waals surface area contributed by atoms with Gasteiger partial charge in [0.25, 0.3) is 5.91 Å². The minimum Gasteiger partial charge on any atom is -0.497 e. The van der Waals surface area contributed by atoms with Gasteiger partial charge in [-0.15, -0.1) is 0 Å². The highest BCUT2D eigenvalue weighted by atomic mass is 35.5. The van der Waals surface area contributed by atoms with Crippen LogP contribution in [0.25, 0.3) is 11.0 Å². The van der Waals surface area contributed by atoms with Crippen LogP contribution in [0, 0.1) is 11.3 Å². The van der Waals surface area contributed by atoms with Crippen LogP contribution in [0.1, 0.15) is 88.3 Å². The molecule has 2 amide bonds. The van der Waals surface area contributed by atoms with Crippen molar-refractivity contribution in [1.29, 1.82) is 0 Å². The minimum atomic E-state index is -0.428. The summed E-state index contributed by atoms with van der Waals surface area (Å²) in [5.41, 5.74) is 0.497. The van der Waals surface area contributed by atoms with Crippen LogP contribution >= 0.6 is 11.6 Å². The SMILES string of the molecule is COc1ccc2oc(C(=O)N[C@H](CCN3CCC(C(=O)NC(C)(C)C)(C4CCCCC4)CC3)Cc3ccc(Cl)cc3)cc(=O)c2c1. The molecule has 1 aromatic heterocycles. The predicted octanol–water partition coefficient (Wildman–Crippen LogP) is 6.76. The predicted molar refractivity (Wildman–Crippen MR) is 183 cm³/mol. The van der Waals surface area contributed by atoms with Crippen LogP contribution in [0.15, 0.2) is 57.7 Å². The number of amides is 2. The van der Waals surface area contributed by atoms with Gasteiger partial charge in [-0.25, -0.2) is 0 Å². The van der Waals surface area contributed by atoms with Gasteiger partial charge in [-0.05, 0) is 114 Å². The second kappa shape index (κ2) is 14.6. The van der Waals surface area contributed by atoms with Crippen LogP contribution in [0.5, 0.6) is 5.75 Å². The number of methoxy groups -OCH3 is 1. The first kappa shape index (κ1) is 34.0. The van der Waals surface area contributed by atoms with Crippen LogP contribution in [0.4, 0.5) is 0 Å². The molecule has 5 rings (SSSR count). The average Bonchev–Trinajstić information content (AvgIpc) is 3.04. The number of benzene rings is 2. The normalized spacial score (nSPS) is 18.2. The number of carbonyl (C=O) groups is 2. The summed E-state index contributed by atoms with van der Waals surface area (Å²) in [5.74, 6) is 0.741. The number of hydrogen-bond donors (Lipinski definition) is 2. The molecule has 0 radical (unpaired) electrons. The van der Waals surface area contributed by atoms with E-state index in [2.05, 4.69) is 36.3 Å². The van der Waals surface area contributed by atoms with Crippen molar-refractivity contribution < 1.29 is 18.7 Å². The number of fused-ring (bicyclic) bond motifs is 1. The molecule has 1 aliphatic heterocycles. The minimum absolute atomic E-state index is 0.0242. The number of nitrogens with zero attached hydrogens (tertiary/aromatic N) is 1. The Morgan fingerprint density at radius 3 is 2.39 bits per heavy atom. The fourth-order valence-corrected chi connectivity index (χ4v) is 7.34. The summed E-state index contributed by atoms with van der Waals surface area (Å²) in [6.45, 7) is 8.65. The molecule has 1 saturated carbocycles. The molecule has 1 saturated heterocycles. The Hall–Kier alpha value is -3.36. The van der Waals surface area contributed by atoms with E-state index >= 15 is 0 Å². The molecule has 0 bridgehead atoms. The number of rotatable bonds is 10. The summed E-state index contributed by atoms with van der Waals surface area (Å²) < 4.78 is 11.1. The Labute approximate surface area is 277 Å². The molecule has 2 N–H and O–H groups in total. The topological polar surface area (TPSA) is 101 Å². The molecule has 2 heterocycles. The average molecular weight is 650 g/mol. The lowest BCUT2D eigenvalue weighted by molar-refractivity contribution is -0.141. The van der Waals surface area contributed by atoms with E-state index in [1.807, 2.05) is 24.3 Å². The summed E-state index contributed by atoms with van der Waals surface area (Å²) in [7, 11) is 1.53. The number of likely N-dealkylation sites (tertiary alicyclic amines) is 1. The summed E-state index contributed by atoms with van der Waals surface area (Å²) in [5, 5.41) is 7.49. The second-order valence-electron chi connectivity index (χ2n) is 14.2. The van der Waals surface area contributed by atoms with Gasteiger partial charge >= 0.3 is 0 Å². The van der Waals surface area contributed by atoms with E-state index in [9.17, 15) is 14.4 Å². The van der Waals surface area contributed by atoms with E-state index in [4.69, 9.17) is 20.8 Å². The summed E-state index contributed by atoms with van der Waals surface area (Å²) in [4.78, 5) is 42.6. The van der Waals surface area contributed by atoms with Crippen molar-refractivity contribution in [3.05, 3.63) is 75.1 Å². The molecule has 248 valence electrons. The molecule has 8 nitrogen and oxygen atoms in total. The Balaban J connectivity index is 1.28. The van der Waals surface area contributed by atoms with Gasteiger partial charge in [0.1, 0.15) is 11.3 Å². The van der Waals surface area contributed by atoms with Crippen molar-refractivity contribution in [2.45, 2.75) is 90.1 Å². The van der Waals surface area contributed by atoms with E-state index in [1.54, 1.807) is 18.2 Å². The summed E-state index contributed by atoms with van der Waals surface area (Å²) in [6.07, 6.45) is 8.93. The van der Waals surface area contributed by atoms with E-state index in [1.165, 1.54) is 32.4 Å². The van der Waals surface area contributed by atoms with Crippen molar-refractivity contribution in [3.8, 4) is 5.75 Å². The molecular formula is C37H48ClN3O5. The van der Waals surface area contributed by atoms with Crippen molar-refractivity contribution in [1.82, 2.24) is 15.5 Å². The zero-order valence-electron chi connectivity index (χ0n) is 27.6. The van der Waals surface area contributed by atoms with Crippen LogP contribution in [0.2, 0.25) is 5.02 Å². The molecule has 2 aromatic carbocycles. The maximum absolute atomic E-state index is 13.8. The van der Waals surface area contributed by atoms with Crippen molar-refractivity contribution in [2.75, 3.05) is 26.7 Å². The highest BCUT2D eigenvalue weighted by Crippen LogP contribution is 2.46. The molecule has 2 aliphatic rings. The highest BCUT2D eigenvalue weighted by Gasteiger charge is 2.48. The lowest BCUT2D eigenvalue weighted by Crippen LogP contribution is -2.56. The maximum Gasteiger partial charge on any atom is 0.287 e. The summed E-state index contributed by atoms with van der Waals surface area (Å²) >= 11 is 6.14. The van der Waals surface area contributed by atoms with Gasteiger partial charge in [-0.1, -0.05) is 43.0 Å². The number of nitrogens with one attached hydrogen (secondary N) is 2. The molecule has 2 fully saturated rings. The monoisotopic (exact) mass is 649 g/mol. The van der Waals surface area contributed by atoms with Crippen molar-refractivity contribution >= 4 is 34.4 Å². The third-order valence-electron chi connectivity index (χ3n) is 9.76. The molecule has 9 heteroatoms. The lowest BCUT2D eigenvalue weighted by Gasteiger charge is -2.47. The first-order valence-electron chi connectivity index (χ1n) is 16.7. The van der Waals surface area contributed by atoms with Crippen LogP contribution < -0.4 is 20.8 Å². The standard InChI is InChI=1S/C37H48ClN3O5/c1-36(2,3)40-35(44)37(26-8-6-5-7-9-26)17-20-41(21-18-37)19-16-28(22-25-10-12-27(38)13-11-25)39-34(43)33-24-31(42)30-23-29(45-4)14-15-32(30)46-33/h10-15,23-24,26,28H,5-9,16-22H2,1-4H3,(H,39,43)(H,40,44)/t28-/m1/s1. The number of halogens is 1. The Morgan fingerprint density at radius 2 is 1.74 bits per heavy atom. The first-order valence-corrected chi connectivity index (χ1v) is 17.1. The quantitative estimate of drug-likeness (QED) is 0.252. The van der Waals surface area contributed by atoms with Crippen LogP contribution in [0.3, 0.4) is 0 Å². The van der Waals surface area contributed by atoms with Gasteiger partial charge in [0, 0.05) is 29.2 Å². The van der Waals surface area contributed by atoms with Crippen LogP contribution in [-0.4, -0.2) is 55.0 Å². The smallest absolute Gasteiger partial charge is 0.287 e. The zero-order valence-corrected chi connectivity index (χ0v) is 28.4. The molecule has 1 aliphatic carbocycles. The van der Waals surface area contributed by atoms with E-state index < -0.39 is 5.91 Å². The first-order chi connectivity index (χ1) is 22.0. The fourth-order valence-electron chi connectivity index (χ4n) is 7.22. The number of ether oxygens (including phenoxy) is 1. The van der Waals surface area contributed by atoms with Gasteiger partial charge in [-0.3, -0.25) is 14.4 Å². The third kappa shape index (κ3) is 8.31. The molecule has 3 aromatic rings. The highest BCUT2D eigenvalue weighted by molar-refractivity contribution is 6.30. The molecule has 1 atom stereocenters. The number of piperidine rings is 1. The van der Waals surface area contributed by atoms with E-state index in [-0.39, 0.29) is 34.1 Å². The van der Waals surface area contributed by atoms with Gasteiger partial charge in [-0.2, -0.15) is 0 Å².